The first kappa shape index (κ1) is 12.9. The van der Waals surface area contributed by atoms with Crippen LogP contribution >= 0.6 is 27.7 Å². The van der Waals surface area contributed by atoms with E-state index in [4.69, 9.17) is 0 Å². The molecule has 1 aliphatic heterocycles. The summed E-state index contributed by atoms with van der Waals surface area (Å²) in [6.07, 6.45) is 0. The molecule has 1 amide bonds. The molecular formula is C12H13BrFNOS. The first-order valence-electron chi connectivity index (χ1n) is 5.44. The zero-order valence-electron chi connectivity index (χ0n) is 9.45. The summed E-state index contributed by atoms with van der Waals surface area (Å²) < 4.78 is 14.3. The largest absolute Gasteiger partial charge is 0.337 e. The van der Waals surface area contributed by atoms with Crippen LogP contribution in [0, 0.1) is 5.82 Å². The molecule has 92 valence electrons. The lowest BCUT2D eigenvalue weighted by Crippen LogP contribution is -2.41. The summed E-state index contributed by atoms with van der Waals surface area (Å²) in [5, 5.41) is 0.422. The molecule has 0 aliphatic carbocycles. The number of carbonyl (C=O) groups excluding carboxylic acids is 1. The van der Waals surface area contributed by atoms with Gasteiger partial charge < -0.3 is 4.90 Å². The quantitative estimate of drug-likeness (QED) is 0.793. The molecule has 1 aromatic rings. The number of amides is 1. The van der Waals surface area contributed by atoms with Crippen molar-refractivity contribution in [3.05, 3.63) is 34.1 Å². The molecule has 1 aromatic carbocycles. The summed E-state index contributed by atoms with van der Waals surface area (Å²) in [5.41, 5.74) is 0.160. The summed E-state index contributed by atoms with van der Waals surface area (Å²) in [6, 6.07) is 4.56. The molecule has 5 heteroatoms. The van der Waals surface area contributed by atoms with Gasteiger partial charge in [0.25, 0.3) is 5.91 Å². The average Bonchev–Trinajstić information content (AvgIpc) is 2.28. The fourth-order valence-electron chi connectivity index (χ4n) is 1.84. The number of thioether (sulfide) groups is 1. The molecule has 17 heavy (non-hydrogen) atoms. The third kappa shape index (κ3) is 3.01. The van der Waals surface area contributed by atoms with Crippen LogP contribution < -0.4 is 0 Å². The summed E-state index contributed by atoms with van der Waals surface area (Å²) in [5.74, 6) is 0.253. The zero-order chi connectivity index (χ0) is 12.4. The molecule has 0 bridgehead atoms. The predicted molar refractivity (Wildman–Crippen MR) is 71.9 cm³/mol. The third-order valence-corrected chi connectivity index (χ3v) is 4.32. The topological polar surface area (TPSA) is 20.3 Å². The number of benzene rings is 1. The fraction of sp³-hybridized carbons (Fsp3) is 0.417. The zero-order valence-corrected chi connectivity index (χ0v) is 11.9. The minimum Gasteiger partial charge on any atom is -0.337 e. The van der Waals surface area contributed by atoms with E-state index >= 15 is 0 Å². The SMILES string of the molecule is CC1CN(C(=O)c2ccc(Br)cc2F)CCS1. The molecule has 1 unspecified atom stereocenters. The number of rotatable bonds is 1. The Labute approximate surface area is 113 Å². The van der Waals surface area contributed by atoms with Crippen molar-refractivity contribution in [1.29, 1.82) is 0 Å². The molecule has 0 radical (unpaired) electrons. The number of carbonyl (C=O) groups is 1. The van der Waals surface area contributed by atoms with E-state index in [1.54, 1.807) is 11.0 Å². The Morgan fingerprint density at radius 1 is 1.59 bits per heavy atom. The molecule has 1 aliphatic rings. The van der Waals surface area contributed by atoms with Gasteiger partial charge in [-0.3, -0.25) is 4.79 Å². The average molecular weight is 318 g/mol. The van der Waals surface area contributed by atoms with E-state index < -0.39 is 5.82 Å². The van der Waals surface area contributed by atoms with Gasteiger partial charge in [0.15, 0.2) is 0 Å². The van der Waals surface area contributed by atoms with Crippen molar-refractivity contribution in [2.24, 2.45) is 0 Å². The summed E-state index contributed by atoms with van der Waals surface area (Å²) >= 11 is 5.03. The summed E-state index contributed by atoms with van der Waals surface area (Å²) in [6.45, 7) is 3.48. The second-order valence-corrected chi connectivity index (χ2v) is 6.52. The highest BCUT2D eigenvalue weighted by Gasteiger charge is 2.24. The van der Waals surface area contributed by atoms with Crippen molar-refractivity contribution in [1.82, 2.24) is 4.90 Å². The summed E-state index contributed by atoms with van der Waals surface area (Å²) in [4.78, 5) is 13.9. The minimum absolute atomic E-state index is 0.160. The molecule has 2 rings (SSSR count). The van der Waals surface area contributed by atoms with Crippen LogP contribution in [0.4, 0.5) is 4.39 Å². The monoisotopic (exact) mass is 317 g/mol. The van der Waals surface area contributed by atoms with Crippen molar-refractivity contribution in [2.75, 3.05) is 18.8 Å². The van der Waals surface area contributed by atoms with Crippen LogP contribution in [0.1, 0.15) is 17.3 Å². The lowest BCUT2D eigenvalue weighted by Gasteiger charge is -2.30. The number of hydrogen-bond acceptors (Lipinski definition) is 2. The Balaban J connectivity index is 2.18. The molecule has 0 N–H and O–H groups in total. The maximum atomic E-state index is 13.7. The van der Waals surface area contributed by atoms with Crippen LogP contribution in [0.15, 0.2) is 22.7 Å². The van der Waals surface area contributed by atoms with Gasteiger partial charge in [0, 0.05) is 28.6 Å². The van der Waals surface area contributed by atoms with E-state index in [1.807, 2.05) is 11.8 Å². The van der Waals surface area contributed by atoms with Gasteiger partial charge in [0.1, 0.15) is 5.82 Å². The van der Waals surface area contributed by atoms with E-state index in [2.05, 4.69) is 22.9 Å². The second-order valence-electron chi connectivity index (χ2n) is 4.06. The van der Waals surface area contributed by atoms with Crippen molar-refractivity contribution >= 4 is 33.6 Å². The van der Waals surface area contributed by atoms with Gasteiger partial charge in [0.2, 0.25) is 0 Å². The maximum absolute atomic E-state index is 13.7. The van der Waals surface area contributed by atoms with Gasteiger partial charge in [-0.1, -0.05) is 22.9 Å². The standard InChI is InChI=1S/C12H13BrFNOS/c1-8-7-15(4-5-17-8)12(16)10-3-2-9(13)6-11(10)14/h2-3,6,8H,4-5,7H2,1H3. The summed E-state index contributed by atoms with van der Waals surface area (Å²) in [7, 11) is 0. The molecule has 1 saturated heterocycles. The van der Waals surface area contributed by atoms with Crippen LogP contribution in [-0.2, 0) is 0 Å². The van der Waals surface area contributed by atoms with E-state index in [1.165, 1.54) is 12.1 Å². The number of nitrogens with zero attached hydrogens (tertiary/aromatic N) is 1. The lowest BCUT2D eigenvalue weighted by atomic mass is 10.2. The molecule has 1 atom stereocenters. The Morgan fingerprint density at radius 2 is 2.35 bits per heavy atom. The van der Waals surface area contributed by atoms with Gasteiger partial charge in [-0.15, -0.1) is 0 Å². The highest BCUT2D eigenvalue weighted by Crippen LogP contribution is 2.21. The van der Waals surface area contributed by atoms with Crippen LogP contribution in [0.25, 0.3) is 0 Å². The van der Waals surface area contributed by atoms with Gasteiger partial charge in [-0.2, -0.15) is 11.8 Å². The molecule has 0 aromatic heterocycles. The van der Waals surface area contributed by atoms with Crippen molar-refractivity contribution < 1.29 is 9.18 Å². The van der Waals surface area contributed by atoms with Crippen molar-refractivity contribution in [2.45, 2.75) is 12.2 Å². The first-order chi connectivity index (χ1) is 8.08. The normalized spacial score (nSPS) is 20.4. The van der Waals surface area contributed by atoms with Crippen LogP contribution in [0.3, 0.4) is 0 Å². The Bertz CT molecular complexity index is 441. The van der Waals surface area contributed by atoms with Gasteiger partial charge in [0.05, 0.1) is 5.56 Å². The second kappa shape index (κ2) is 5.40. The smallest absolute Gasteiger partial charge is 0.256 e. The van der Waals surface area contributed by atoms with Crippen molar-refractivity contribution in [3.63, 3.8) is 0 Å². The molecule has 0 saturated carbocycles. The lowest BCUT2D eigenvalue weighted by molar-refractivity contribution is 0.0758. The molecule has 1 heterocycles. The van der Waals surface area contributed by atoms with E-state index in [0.717, 1.165) is 5.75 Å². The maximum Gasteiger partial charge on any atom is 0.256 e. The number of halogens is 2. The Hall–Kier alpha value is -0.550. The van der Waals surface area contributed by atoms with Gasteiger partial charge in [-0.05, 0) is 18.2 Å². The highest BCUT2D eigenvalue weighted by molar-refractivity contribution is 9.10. The van der Waals surface area contributed by atoms with Gasteiger partial charge >= 0.3 is 0 Å². The predicted octanol–water partition coefficient (Wildman–Crippen LogP) is 3.17. The van der Waals surface area contributed by atoms with Crippen LogP contribution in [0.5, 0.6) is 0 Å². The molecule has 1 fully saturated rings. The molecule has 2 nitrogen and oxygen atoms in total. The van der Waals surface area contributed by atoms with Gasteiger partial charge in [-0.25, -0.2) is 4.39 Å². The van der Waals surface area contributed by atoms with E-state index in [-0.39, 0.29) is 11.5 Å². The number of hydrogen-bond donors (Lipinski definition) is 0. The Morgan fingerprint density at radius 3 is 3.00 bits per heavy atom. The van der Waals surface area contributed by atoms with Crippen molar-refractivity contribution in [3.8, 4) is 0 Å². The first-order valence-corrected chi connectivity index (χ1v) is 7.28. The third-order valence-electron chi connectivity index (χ3n) is 2.69. The highest BCUT2D eigenvalue weighted by atomic mass is 79.9. The molecular weight excluding hydrogens is 305 g/mol. The fourth-order valence-corrected chi connectivity index (χ4v) is 3.18. The van der Waals surface area contributed by atoms with E-state index in [9.17, 15) is 9.18 Å². The minimum atomic E-state index is -0.463. The Kier molecular flexibility index (Phi) is 4.09. The molecule has 0 spiro atoms. The van der Waals surface area contributed by atoms with Crippen LogP contribution in [-0.4, -0.2) is 34.9 Å². The van der Waals surface area contributed by atoms with E-state index in [0.29, 0.717) is 22.8 Å². The van der Waals surface area contributed by atoms with Crippen LogP contribution in [0.2, 0.25) is 0 Å².